The maximum atomic E-state index is 10.2. The van der Waals surface area contributed by atoms with Crippen LogP contribution >= 0.6 is 12.4 Å². The maximum absolute atomic E-state index is 10.2. The molecular formula is C24H39ClN2O. The Balaban J connectivity index is 0.00000225. The summed E-state index contributed by atoms with van der Waals surface area (Å²) < 4.78 is 0. The monoisotopic (exact) mass is 406 g/mol. The Hall–Kier alpha value is -0.930. The van der Waals surface area contributed by atoms with Gasteiger partial charge in [0, 0.05) is 44.5 Å². The average Bonchev–Trinajstić information content (AvgIpc) is 3.36. The predicted molar refractivity (Wildman–Crippen MR) is 121 cm³/mol. The van der Waals surface area contributed by atoms with Gasteiger partial charge in [0.15, 0.2) is 0 Å². The van der Waals surface area contributed by atoms with Crippen molar-refractivity contribution in [2.75, 3.05) is 37.6 Å². The fraction of sp³-hybridized carbons (Fsp3) is 0.750. The Morgan fingerprint density at radius 3 is 2.14 bits per heavy atom. The molecule has 0 spiro atoms. The number of hydrogen-bond acceptors (Lipinski definition) is 3. The molecule has 3 aliphatic rings. The van der Waals surface area contributed by atoms with E-state index < -0.39 is 0 Å². The first-order chi connectivity index (χ1) is 12.7. The molecule has 1 N–H and O–H groups in total. The minimum absolute atomic E-state index is 0. The van der Waals surface area contributed by atoms with Gasteiger partial charge in [-0.25, -0.2) is 0 Å². The molecule has 0 atom stereocenters. The Bertz CT molecular complexity index is 659. The molecule has 0 bridgehead atoms. The molecule has 0 aromatic heterocycles. The van der Waals surface area contributed by atoms with Crippen molar-refractivity contribution in [3.63, 3.8) is 0 Å². The zero-order chi connectivity index (χ0) is 19.2. The lowest BCUT2D eigenvalue weighted by Crippen LogP contribution is -2.47. The summed E-state index contributed by atoms with van der Waals surface area (Å²) in [6.07, 6.45) is 6.66. The summed E-state index contributed by atoms with van der Waals surface area (Å²) in [5.74, 6) is 1.96. The van der Waals surface area contributed by atoms with Crippen LogP contribution in [0.3, 0.4) is 0 Å². The summed E-state index contributed by atoms with van der Waals surface area (Å²) in [5.41, 5.74) is 3.51. The second kappa shape index (κ2) is 8.07. The van der Waals surface area contributed by atoms with Crippen molar-refractivity contribution in [1.82, 2.24) is 4.90 Å². The van der Waals surface area contributed by atoms with E-state index in [4.69, 9.17) is 0 Å². The van der Waals surface area contributed by atoms with Gasteiger partial charge in [-0.15, -0.1) is 12.4 Å². The zero-order valence-corrected chi connectivity index (χ0v) is 19.0. The van der Waals surface area contributed by atoms with Crippen molar-refractivity contribution >= 4 is 18.1 Å². The van der Waals surface area contributed by atoms with Crippen LogP contribution in [0.15, 0.2) is 18.2 Å². The Morgan fingerprint density at radius 1 is 0.964 bits per heavy atom. The van der Waals surface area contributed by atoms with Gasteiger partial charge in [0.25, 0.3) is 0 Å². The molecule has 1 heterocycles. The van der Waals surface area contributed by atoms with E-state index in [-0.39, 0.29) is 12.4 Å². The summed E-state index contributed by atoms with van der Waals surface area (Å²) >= 11 is 0. The molecule has 4 rings (SSSR count). The SMILES string of the molecule is CC1(C)CC(c2ccc(O)cc2N2CCN(CC3CC3)CC2)CC(C)(C)C1.Cl. The number of hydrogen-bond donors (Lipinski definition) is 1. The number of aromatic hydroxyl groups is 1. The molecule has 0 amide bonds. The van der Waals surface area contributed by atoms with Crippen molar-refractivity contribution in [2.45, 2.75) is 65.7 Å². The van der Waals surface area contributed by atoms with E-state index in [1.54, 1.807) is 0 Å². The van der Waals surface area contributed by atoms with Gasteiger partial charge < -0.3 is 10.0 Å². The highest BCUT2D eigenvalue weighted by atomic mass is 35.5. The molecule has 28 heavy (non-hydrogen) atoms. The Labute approximate surface area is 177 Å². The van der Waals surface area contributed by atoms with E-state index in [1.807, 2.05) is 12.1 Å². The summed E-state index contributed by atoms with van der Waals surface area (Å²) in [4.78, 5) is 5.18. The minimum atomic E-state index is 0. The quantitative estimate of drug-likeness (QED) is 0.698. The summed E-state index contributed by atoms with van der Waals surface area (Å²) in [5, 5.41) is 10.2. The second-order valence-electron chi connectivity index (χ2n) is 11.1. The highest BCUT2D eigenvalue weighted by Gasteiger charge is 2.40. The third kappa shape index (κ3) is 5.16. The van der Waals surface area contributed by atoms with Crippen LogP contribution in [0.4, 0.5) is 5.69 Å². The van der Waals surface area contributed by atoms with Crippen LogP contribution in [0, 0.1) is 16.7 Å². The van der Waals surface area contributed by atoms with Gasteiger partial charge in [-0.3, -0.25) is 4.90 Å². The first-order valence-corrected chi connectivity index (χ1v) is 11.0. The van der Waals surface area contributed by atoms with Crippen LogP contribution in [-0.2, 0) is 0 Å². The second-order valence-corrected chi connectivity index (χ2v) is 11.1. The molecule has 0 radical (unpaired) electrons. The fourth-order valence-electron chi connectivity index (χ4n) is 6.05. The predicted octanol–water partition coefficient (Wildman–Crippen LogP) is 5.67. The third-order valence-electron chi connectivity index (χ3n) is 6.94. The Kier molecular flexibility index (Phi) is 6.27. The molecular weight excluding hydrogens is 368 g/mol. The summed E-state index contributed by atoms with van der Waals surface area (Å²) in [7, 11) is 0. The maximum Gasteiger partial charge on any atom is 0.117 e. The zero-order valence-electron chi connectivity index (χ0n) is 18.2. The smallest absolute Gasteiger partial charge is 0.117 e. The number of phenols is 1. The molecule has 0 unspecified atom stereocenters. The first-order valence-electron chi connectivity index (χ1n) is 11.0. The minimum Gasteiger partial charge on any atom is -0.508 e. The van der Waals surface area contributed by atoms with Crippen LogP contribution in [0.25, 0.3) is 0 Å². The fourth-order valence-corrected chi connectivity index (χ4v) is 6.05. The third-order valence-corrected chi connectivity index (χ3v) is 6.94. The summed E-state index contributed by atoms with van der Waals surface area (Å²) in [6, 6.07) is 6.14. The number of benzene rings is 1. The van der Waals surface area contributed by atoms with Crippen LogP contribution < -0.4 is 4.90 Å². The van der Waals surface area contributed by atoms with Gasteiger partial charge in [-0.2, -0.15) is 0 Å². The molecule has 1 aromatic rings. The van der Waals surface area contributed by atoms with Gasteiger partial charge in [0.2, 0.25) is 0 Å². The highest BCUT2D eigenvalue weighted by Crippen LogP contribution is 2.53. The van der Waals surface area contributed by atoms with Crippen molar-refractivity contribution in [1.29, 1.82) is 0 Å². The molecule has 4 heteroatoms. The molecule has 1 aliphatic heterocycles. The lowest BCUT2D eigenvalue weighted by Gasteiger charge is -2.46. The van der Waals surface area contributed by atoms with E-state index in [0.717, 1.165) is 32.1 Å². The van der Waals surface area contributed by atoms with Crippen molar-refractivity contribution in [3.8, 4) is 5.75 Å². The Morgan fingerprint density at radius 2 is 1.57 bits per heavy atom. The summed E-state index contributed by atoms with van der Waals surface area (Å²) in [6.45, 7) is 15.5. The van der Waals surface area contributed by atoms with Crippen LogP contribution in [-0.4, -0.2) is 42.7 Å². The topological polar surface area (TPSA) is 26.7 Å². The van der Waals surface area contributed by atoms with Gasteiger partial charge in [-0.1, -0.05) is 33.8 Å². The number of halogens is 1. The van der Waals surface area contributed by atoms with Gasteiger partial charge in [0.05, 0.1) is 0 Å². The largest absolute Gasteiger partial charge is 0.508 e. The first kappa shape index (κ1) is 21.8. The van der Waals surface area contributed by atoms with E-state index in [9.17, 15) is 5.11 Å². The van der Waals surface area contributed by atoms with E-state index >= 15 is 0 Å². The lowest BCUT2D eigenvalue weighted by molar-refractivity contribution is 0.0969. The lowest BCUT2D eigenvalue weighted by atomic mass is 9.60. The van der Waals surface area contributed by atoms with Crippen molar-refractivity contribution in [2.24, 2.45) is 16.7 Å². The van der Waals surface area contributed by atoms with Crippen LogP contribution in [0.1, 0.15) is 71.3 Å². The molecule has 2 saturated carbocycles. The molecule has 3 nitrogen and oxygen atoms in total. The average molecular weight is 407 g/mol. The molecule has 3 fully saturated rings. The number of piperazine rings is 1. The van der Waals surface area contributed by atoms with E-state index in [2.05, 4.69) is 43.6 Å². The normalized spacial score (nSPS) is 25.4. The van der Waals surface area contributed by atoms with E-state index in [1.165, 1.54) is 49.9 Å². The molecule has 158 valence electrons. The van der Waals surface area contributed by atoms with E-state index in [0.29, 0.717) is 22.5 Å². The number of anilines is 1. The van der Waals surface area contributed by atoms with Crippen LogP contribution in [0.2, 0.25) is 0 Å². The highest BCUT2D eigenvalue weighted by molar-refractivity contribution is 5.85. The standard InChI is InChI=1S/C24H38N2O.ClH/c1-23(2)14-19(15-24(3,4)17-23)21-8-7-20(27)13-22(21)26-11-9-25(10-12-26)16-18-5-6-18;/h7-8,13,18-19,27H,5-6,9-12,14-17H2,1-4H3;1H. The number of nitrogens with zero attached hydrogens (tertiary/aromatic N) is 2. The number of rotatable bonds is 4. The van der Waals surface area contributed by atoms with Gasteiger partial charge in [-0.05, 0) is 66.4 Å². The number of phenolic OH excluding ortho intramolecular Hbond substituents is 1. The van der Waals surface area contributed by atoms with Gasteiger partial charge in [0.1, 0.15) is 5.75 Å². The molecule has 2 aliphatic carbocycles. The molecule has 1 aromatic carbocycles. The van der Waals surface area contributed by atoms with Crippen molar-refractivity contribution in [3.05, 3.63) is 23.8 Å². The van der Waals surface area contributed by atoms with Gasteiger partial charge >= 0.3 is 0 Å². The molecule has 1 saturated heterocycles. The van der Waals surface area contributed by atoms with Crippen molar-refractivity contribution < 1.29 is 5.11 Å². The van der Waals surface area contributed by atoms with Crippen LogP contribution in [0.5, 0.6) is 5.75 Å².